The van der Waals surface area contributed by atoms with Gasteiger partial charge in [-0.3, -0.25) is 4.68 Å². The van der Waals surface area contributed by atoms with E-state index >= 15 is 0 Å². The molecule has 3 aromatic rings. The molecule has 1 aromatic carbocycles. The minimum atomic E-state index is 0.215. The van der Waals surface area contributed by atoms with Gasteiger partial charge in [-0.15, -0.1) is 0 Å². The third kappa shape index (κ3) is 3.62. The van der Waals surface area contributed by atoms with Crippen LogP contribution in [0.15, 0.2) is 42.9 Å². The zero-order chi connectivity index (χ0) is 15.5. The summed E-state index contributed by atoms with van der Waals surface area (Å²) in [6, 6.07) is 8.27. The molecule has 1 N–H and O–H groups in total. The second kappa shape index (κ2) is 6.15. The largest absolute Gasteiger partial charge is 0.338 e. The number of nitrogens with one attached hydrogen (secondary N) is 1. The molecule has 0 aliphatic carbocycles. The molecular weight excluding hydrogens is 298 g/mol. The molecule has 0 radical (unpaired) electrons. The second-order valence-corrected chi connectivity index (χ2v) is 5.60. The van der Waals surface area contributed by atoms with Gasteiger partial charge in [-0.1, -0.05) is 29.3 Å². The van der Waals surface area contributed by atoms with Gasteiger partial charge in [0.2, 0.25) is 5.28 Å². The highest BCUT2D eigenvalue weighted by Gasteiger charge is 2.03. The lowest BCUT2D eigenvalue weighted by atomic mass is 10.1. The minimum absolute atomic E-state index is 0.215. The molecule has 0 bridgehead atoms. The van der Waals surface area contributed by atoms with E-state index in [0.29, 0.717) is 5.82 Å². The van der Waals surface area contributed by atoms with E-state index in [1.165, 1.54) is 16.7 Å². The fourth-order valence-electron chi connectivity index (χ4n) is 2.41. The van der Waals surface area contributed by atoms with Gasteiger partial charge in [0, 0.05) is 12.4 Å². The summed E-state index contributed by atoms with van der Waals surface area (Å²) in [6.45, 7) is 4.94. The van der Waals surface area contributed by atoms with Crippen molar-refractivity contribution in [2.75, 3.05) is 5.32 Å². The Kier molecular flexibility index (Phi) is 4.06. The summed E-state index contributed by atoms with van der Waals surface area (Å²) < 4.78 is 1.89. The van der Waals surface area contributed by atoms with Crippen molar-refractivity contribution in [2.24, 2.45) is 0 Å². The Morgan fingerprint density at radius 2 is 1.95 bits per heavy atom. The molecule has 0 saturated heterocycles. The molecule has 112 valence electrons. The molecule has 5 nitrogen and oxygen atoms in total. The maximum atomic E-state index is 5.77. The van der Waals surface area contributed by atoms with Gasteiger partial charge in [0.25, 0.3) is 0 Å². The fraction of sp³-hybridized carbons (Fsp3) is 0.188. The van der Waals surface area contributed by atoms with Gasteiger partial charge < -0.3 is 5.32 Å². The van der Waals surface area contributed by atoms with Crippen LogP contribution in [0.2, 0.25) is 5.28 Å². The monoisotopic (exact) mass is 313 g/mol. The molecule has 2 aromatic heterocycles. The van der Waals surface area contributed by atoms with E-state index in [0.717, 1.165) is 12.2 Å². The standard InChI is InChI=1S/C16H16ClN5/c1-11-5-12(2)7-13(6-11)9-22-10-14(8-19-22)20-15-3-4-18-16(17)21-15/h3-8,10H,9H2,1-2H3,(H,18,20,21). The second-order valence-electron chi connectivity index (χ2n) is 5.26. The number of rotatable bonds is 4. The maximum absolute atomic E-state index is 5.77. The first-order valence-corrected chi connectivity index (χ1v) is 7.31. The zero-order valence-electron chi connectivity index (χ0n) is 12.4. The predicted octanol–water partition coefficient (Wildman–Crippen LogP) is 3.74. The molecular formula is C16H16ClN5. The smallest absolute Gasteiger partial charge is 0.224 e. The number of aromatic nitrogens is 4. The number of anilines is 2. The Morgan fingerprint density at radius 1 is 1.18 bits per heavy atom. The van der Waals surface area contributed by atoms with Crippen molar-refractivity contribution in [1.29, 1.82) is 0 Å². The Bertz CT molecular complexity index is 776. The van der Waals surface area contributed by atoms with Gasteiger partial charge in [0.1, 0.15) is 5.82 Å². The van der Waals surface area contributed by atoms with Crippen molar-refractivity contribution >= 4 is 23.1 Å². The van der Waals surface area contributed by atoms with Crippen molar-refractivity contribution < 1.29 is 0 Å². The Labute approximate surface area is 134 Å². The lowest BCUT2D eigenvalue weighted by Crippen LogP contribution is -2.00. The molecule has 0 atom stereocenters. The Hall–Kier alpha value is -2.40. The van der Waals surface area contributed by atoms with Crippen molar-refractivity contribution in [3.63, 3.8) is 0 Å². The van der Waals surface area contributed by atoms with Crippen LogP contribution >= 0.6 is 11.6 Å². The van der Waals surface area contributed by atoms with E-state index in [4.69, 9.17) is 11.6 Å². The highest BCUT2D eigenvalue weighted by atomic mass is 35.5. The SMILES string of the molecule is Cc1cc(C)cc(Cn2cc(Nc3ccnc(Cl)n3)cn2)c1. The lowest BCUT2D eigenvalue weighted by molar-refractivity contribution is 0.686. The summed E-state index contributed by atoms with van der Waals surface area (Å²) >= 11 is 5.77. The van der Waals surface area contributed by atoms with E-state index in [1.807, 2.05) is 10.9 Å². The predicted molar refractivity (Wildman–Crippen MR) is 87.6 cm³/mol. The number of halogens is 1. The van der Waals surface area contributed by atoms with Crippen LogP contribution in [-0.4, -0.2) is 19.7 Å². The number of aryl methyl sites for hydroxylation is 2. The van der Waals surface area contributed by atoms with E-state index in [1.54, 1.807) is 18.5 Å². The van der Waals surface area contributed by atoms with Crippen molar-refractivity contribution in [1.82, 2.24) is 19.7 Å². The normalized spacial score (nSPS) is 10.7. The lowest BCUT2D eigenvalue weighted by Gasteiger charge is -2.05. The van der Waals surface area contributed by atoms with Crippen LogP contribution in [0.5, 0.6) is 0 Å². The summed E-state index contributed by atoms with van der Waals surface area (Å²) in [4.78, 5) is 7.94. The van der Waals surface area contributed by atoms with E-state index in [9.17, 15) is 0 Å². The van der Waals surface area contributed by atoms with Gasteiger partial charge in [-0.25, -0.2) is 9.97 Å². The number of nitrogens with zero attached hydrogens (tertiary/aromatic N) is 4. The number of hydrogen-bond donors (Lipinski definition) is 1. The first-order valence-electron chi connectivity index (χ1n) is 6.94. The molecule has 0 amide bonds. The minimum Gasteiger partial charge on any atom is -0.338 e. The van der Waals surface area contributed by atoms with Gasteiger partial charge in [0.05, 0.1) is 18.4 Å². The quantitative estimate of drug-likeness (QED) is 0.746. The van der Waals surface area contributed by atoms with Crippen LogP contribution < -0.4 is 5.32 Å². The fourth-order valence-corrected chi connectivity index (χ4v) is 2.56. The molecule has 0 aliphatic heterocycles. The van der Waals surface area contributed by atoms with Gasteiger partial charge in [0.15, 0.2) is 0 Å². The van der Waals surface area contributed by atoms with Gasteiger partial charge in [-0.05, 0) is 37.1 Å². The topological polar surface area (TPSA) is 55.6 Å². The molecule has 0 spiro atoms. The summed E-state index contributed by atoms with van der Waals surface area (Å²) in [6.07, 6.45) is 5.31. The number of hydrogen-bond acceptors (Lipinski definition) is 4. The Balaban J connectivity index is 1.73. The Morgan fingerprint density at radius 3 is 2.68 bits per heavy atom. The summed E-state index contributed by atoms with van der Waals surface area (Å²) in [5.41, 5.74) is 4.61. The van der Waals surface area contributed by atoms with Crippen LogP contribution in [0.4, 0.5) is 11.5 Å². The van der Waals surface area contributed by atoms with E-state index < -0.39 is 0 Å². The first-order chi connectivity index (χ1) is 10.6. The maximum Gasteiger partial charge on any atom is 0.224 e. The molecule has 0 unspecified atom stereocenters. The highest BCUT2D eigenvalue weighted by molar-refractivity contribution is 6.28. The molecule has 3 rings (SSSR count). The average Bonchev–Trinajstić information content (AvgIpc) is 2.84. The molecule has 6 heteroatoms. The van der Waals surface area contributed by atoms with Crippen molar-refractivity contribution in [2.45, 2.75) is 20.4 Å². The van der Waals surface area contributed by atoms with Crippen LogP contribution in [0.3, 0.4) is 0 Å². The summed E-state index contributed by atoms with van der Waals surface area (Å²) in [5, 5.41) is 7.74. The van der Waals surface area contributed by atoms with E-state index in [-0.39, 0.29) is 5.28 Å². The first kappa shape index (κ1) is 14.5. The number of benzene rings is 1. The zero-order valence-corrected chi connectivity index (χ0v) is 13.2. The van der Waals surface area contributed by atoms with Crippen molar-refractivity contribution in [3.8, 4) is 0 Å². The highest BCUT2D eigenvalue weighted by Crippen LogP contribution is 2.16. The molecule has 0 fully saturated rings. The van der Waals surface area contributed by atoms with Crippen LogP contribution in [-0.2, 0) is 6.54 Å². The average molecular weight is 314 g/mol. The molecule has 2 heterocycles. The van der Waals surface area contributed by atoms with Crippen molar-refractivity contribution in [3.05, 3.63) is 64.8 Å². The van der Waals surface area contributed by atoms with Gasteiger partial charge in [-0.2, -0.15) is 5.10 Å². The third-order valence-corrected chi connectivity index (χ3v) is 3.34. The molecule has 0 saturated carbocycles. The molecule has 22 heavy (non-hydrogen) atoms. The van der Waals surface area contributed by atoms with Crippen LogP contribution in [0.1, 0.15) is 16.7 Å². The van der Waals surface area contributed by atoms with Crippen LogP contribution in [0.25, 0.3) is 0 Å². The molecule has 0 aliphatic rings. The van der Waals surface area contributed by atoms with E-state index in [2.05, 4.69) is 52.4 Å². The van der Waals surface area contributed by atoms with Gasteiger partial charge >= 0.3 is 0 Å². The third-order valence-electron chi connectivity index (χ3n) is 3.16. The summed E-state index contributed by atoms with van der Waals surface area (Å²) in [7, 11) is 0. The van der Waals surface area contributed by atoms with Crippen LogP contribution in [0, 0.1) is 13.8 Å². The summed E-state index contributed by atoms with van der Waals surface area (Å²) in [5.74, 6) is 0.644.